The van der Waals surface area contributed by atoms with E-state index in [0.29, 0.717) is 0 Å². The lowest BCUT2D eigenvalue weighted by molar-refractivity contribution is -0.169. The molecule has 1 amide bonds. The molecular formula is C10H16N2O4S. The molecular weight excluding hydrogens is 244 g/mol. The number of hydrogen-bond donors (Lipinski definition) is 1. The zero-order valence-electron chi connectivity index (χ0n) is 10.0. The van der Waals surface area contributed by atoms with E-state index in [1.165, 1.54) is 23.8 Å². The molecule has 2 aliphatic rings. The summed E-state index contributed by atoms with van der Waals surface area (Å²) < 4.78 is 9.24. The second kappa shape index (κ2) is 4.15. The smallest absolute Gasteiger partial charge is 0.332 e. The first kappa shape index (κ1) is 12.7. The minimum absolute atomic E-state index is 0.102. The van der Waals surface area contributed by atoms with Crippen molar-refractivity contribution in [3.63, 3.8) is 0 Å². The molecule has 17 heavy (non-hydrogen) atoms. The molecule has 2 heterocycles. The van der Waals surface area contributed by atoms with E-state index in [-0.39, 0.29) is 22.8 Å². The Kier molecular flexibility index (Phi) is 3.09. The molecule has 0 aliphatic carbocycles. The molecule has 96 valence electrons. The van der Waals surface area contributed by atoms with Gasteiger partial charge in [0.15, 0.2) is 6.79 Å². The van der Waals surface area contributed by atoms with E-state index in [1.54, 1.807) is 0 Å². The Morgan fingerprint density at radius 2 is 2.24 bits per heavy atom. The lowest BCUT2D eigenvalue weighted by Gasteiger charge is -2.41. The third-order valence-electron chi connectivity index (χ3n) is 3.02. The third kappa shape index (κ3) is 1.82. The van der Waals surface area contributed by atoms with Crippen molar-refractivity contribution in [2.24, 2.45) is 5.73 Å². The Morgan fingerprint density at radius 3 is 2.82 bits per heavy atom. The predicted molar refractivity (Wildman–Crippen MR) is 62.0 cm³/mol. The maximum Gasteiger partial charge on any atom is 0.332 e. The summed E-state index contributed by atoms with van der Waals surface area (Å²) in [7, 11) is 1.44. The summed E-state index contributed by atoms with van der Waals surface area (Å²) in [5.74, 6) is -0.625. The van der Waals surface area contributed by atoms with Gasteiger partial charge in [0, 0.05) is 11.9 Å². The number of β-lactam (4-membered cyclic amide) rings is 1. The van der Waals surface area contributed by atoms with Crippen LogP contribution in [-0.2, 0) is 19.1 Å². The number of nitrogens with zero attached hydrogens (tertiary/aromatic N) is 1. The van der Waals surface area contributed by atoms with Crippen molar-refractivity contribution in [2.75, 3.05) is 13.9 Å². The number of amides is 1. The molecule has 0 aromatic carbocycles. The van der Waals surface area contributed by atoms with Crippen LogP contribution in [0.4, 0.5) is 0 Å². The van der Waals surface area contributed by atoms with Crippen molar-refractivity contribution < 1.29 is 19.1 Å². The molecule has 2 N–H and O–H groups in total. The molecule has 3 atom stereocenters. The van der Waals surface area contributed by atoms with Crippen molar-refractivity contribution in [1.82, 2.24) is 4.90 Å². The van der Waals surface area contributed by atoms with Gasteiger partial charge in [0.2, 0.25) is 5.91 Å². The van der Waals surface area contributed by atoms with Crippen LogP contribution in [0.2, 0.25) is 0 Å². The number of hydrogen-bond acceptors (Lipinski definition) is 6. The van der Waals surface area contributed by atoms with Gasteiger partial charge in [-0.1, -0.05) is 0 Å². The Hall–Kier alpha value is -0.790. The van der Waals surface area contributed by atoms with Crippen molar-refractivity contribution in [3.8, 4) is 0 Å². The van der Waals surface area contributed by atoms with E-state index >= 15 is 0 Å². The lowest BCUT2D eigenvalue weighted by Crippen LogP contribution is -2.68. The molecule has 2 fully saturated rings. The maximum absolute atomic E-state index is 11.9. The van der Waals surface area contributed by atoms with Gasteiger partial charge in [-0.25, -0.2) is 4.79 Å². The second-order valence-corrected chi connectivity index (χ2v) is 6.43. The van der Waals surface area contributed by atoms with Crippen LogP contribution in [0.5, 0.6) is 0 Å². The molecule has 7 heteroatoms. The minimum Gasteiger partial charge on any atom is -0.437 e. The van der Waals surface area contributed by atoms with Gasteiger partial charge < -0.3 is 20.1 Å². The van der Waals surface area contributed by atoms with Gasteiger partial charge in [-0.15, -0.1) is 11.8 Å². The van der Waals surface area contributed by atoms with Gasteiger partial charge in [0.1, 0.15) is 17.5 Å². The summed E-state index contributed by atoms with van der Waals surface area (Å²) in [6.07, 6.45) is 0. The second-order valence-electron chi connectivity index (χ2n) is 4.66. The number of nitrogens with two attached hydrogens (primary N) is 1. The lowest BCUT2D eigenvalue weighted by atomic mass is 9.96. The summed E-state index contributed by atoms with van der Waals surface area (Å²) in [4.78, 5) is 25.1. The first-order valence-corrected chi connectivity index (χ1v) is 6.19. The number of ether oxygens (including phenoxy) is 2. The molecule has 0 radical (unpaired) electrons. The van der Waals surface area contributed by atoms with Crippen LogP contribution in [0.1, 0.15) is 13.8 Å². The molecule has 2 rings (SSSR count). The van der Waals surface area contributed by atoms with E-state index < -0.39 is 18.1 Å². The first-order chi connectivity index (χ1) is 7.90. The van der Waals surface area contributed by atoms with E-state index in [4.69, 9.17) is 15.2 Å². The average Bonchev–Trinajstić information content (AvgIpc) is 2.54. The normalized spacial score (nSPS) is 34.2. The summed E-state index contributed by atoms with van der Waals surface area (Å²) in [6.45, 7) is 3.72. The zero-order valence-corrected chi connectivity index (χ0v) is 10.8. The largest absolute Gasteiger partial charge is 0.437 e. The van der Waals surface area contributed by atoms with Crippen LogP contribution in [0.25, 0.3) is 0 Å². The van der Waals surface area contributed by atoms with E-state index in [2.05, 4.69) is 0 Å². The van der Waals surface area contributed by atoms with Crippen molar-refractivity contribution in [1.29, 1.82) is 0 Å². The summed E-state index contributed by atoms with van der Waals surface area (Å²) in [5.41, 5.74) is 5.70. The predicted octanol–water partition coefficient (Wildman–Crippen LogP) is -0.477. The van der Waals surface area contributed by atoms with Crippen LogP contribution < -0.4 is 5.73 Å². The fourth-order valence-corrected chi connectivity index (χ4v) is 3.78. The molecule has 6 nitrogen and oxygen atoms in total. The number of fused-ring (bicyclic) bond motifs is 1. The summed E-state index contributed by atoms with van der Waals surface area (Å²) >= 11 is 1.54. The van der Waals surface area contributed by atoms with Gasteiger partial charge in [0.25, 0.3) is 0 Å². The SMILES string of the molecule is COCOC(=O)[C@@H]1N2C(=O)[C@@H](N)[C@H]2SC1(C)C. The van der Waals surface area contributed by atoms with E-state index in [0.717, 1.165) is 0 Å². The van der Waals surface area contributed by atoms with Crippen LogP contribution in [0.3, 0.4) is 0 Å². The molecule has 2 aliphatic heterocycles. The van der Waals surface area contributed by atoms with Crippen LogP contribution in [-0.4, -0.2) is 52.9 Å². The number of carbonyl (C=O) groups excluding carboxylic acids is 2. The Balaban J connectivity index is 2.14. The molecule has 0 aromatic rings. The number of rotatable bonds is 3. The van der Waals surface area contributed by atoms with Gasteiger partial charge in [-0.2, -0.15) is 0 Å². The van der Waals surface area contributed by atoms with Crippen molar-refractivity contribution in [3.05, 3.63) is 0 Å². The first-order valence-electron chi connectivity index (χ1n) is 5.31. The minimum atomic E-state index is -0.583. The van der Waals surface area contributed by atoms with E-state index in [9.17, 15) is 9.59 Å². The van der Waals surface area contributed by atoms with Crippen molar-refractivity contribution in [2.45, 2.75) is 36.1 Å². The van der Waals surface area contributed by atoms with Gasteiger partial charge in [-0.3, -0.25) is 4.79 Å². The highest BCUT2D eigenvalue weighted by Crippen LogP contribution is 2.50. The van der Waals surface area contributed by atoms with Gasteiger partial charge in [0.05, 0.1) is 0 Å². The van der Waals surface area contributed by atoms with E-state index in [1.807, 2.05) is 13.8 Å². The monoisotopic (exact) mass is 260 g/mol. The summed E-state index contributed by atoms with van der Waals surface area (Å²) in [6, 6.07) is -1.08. The van der Waals surface area contributed by atoms with Gasteiger partial charge in [-0.05, 0) is 13.8 Å². The zero-order chi connectivity index (χ0) is 12.8. The Bertz CT molecular complexity index is 360. The molecule has 0 unspecified atom stereocenters. The van der Waals surface area contributed by atoms with Crippen LogP contribution in [0.15, 0.2) is 0 Å². The number of thioether (sulfide) groups is 1. The molecule has 0 aromatic heterocycles. The van der Waals surface area contributed by atoms with Crippen LogP contribution in [0, 0.1) is 0 Å². The van der Waals surface area contributed by atoms with Gasteiger partial charge >= 0.3 is 5.97 Å². The average molecular weight is 260 g/mol. The highest BCUT2D eigenvalue weighted by atomic mass is 32.2. The molecule has 0 saturated carbocycles. The van der Waals surface area contributed by atoms with Crippen LogP contribution >= 0.6 is 11.8 Å². The third-order valence-corrected chi connectivity index (χ3v) is 4.62. The number of carbonyl (C=O) groups is 2. The summed E-state index contributed by atoms with van der Waals surface area (Å²) in [5, 5.41) is -0.113. The topological polar surface area (TPSA) is 81.9 Å². The highest BCUT2D eigenvalue weighted by molar-refractivity contribution is 8.01. The Morgan fingerprint density at radius 1 is 1.59 bits per heavy atom. The number of esters is 1. The highest BCUT2D eigenvalue weighted by Gasteiger charge is 2.63. The Labute approximate surface area is 104 Å². The fraction of sp³-hybridized carbons (Fsp3) is 0.800. The molecule has 2 saturated heterocycles. The molecule has 0 bridgehead atoms. The number of methoxy groups -OCH3 is 1. The van der Waals surface area contributed by atoms with Crippen molar-refractivity contribution >= 4 is 23.6 Å². The quantitative estimate of drug-likeness (QED) is 0.419. The molecule has 0 spiro atoms. The standard InChI is InChI=1S/C10H16N2O4S/c1-10(2)6(9(14)16-4-15-3)12-7(13)5(11)8(12)17-10/h5-6,8H,4,11H2,1-3H3/t5-,6+,8-/m1/s1. The maximum atomic E-state index is 11.9. The fourth-order valence-electron chi connectivity index (χ4n) is 2.22.